The van der Waals surface area contributed by atoms with E-state index in [2.05, 4.69) is 5.32 Å². The Hall–Kier alpha value is -2.71. The van der Waals surface area contributed by atoms with Crippen molar-refractivity contribution >= 4 is 17.8 Å². The Kier molecular flexibility index (Phi) is 7.09. The molecule has 0 aliphatic carbocycles. The molecule has 1 amide bonds. The van der Waals surface area contributed by atoms with Crippen LogP contribution in [0.5, 0.6) is 0 Å². The third-order valence-electron chi connectivity index (χ3n) is 4.22. The van der Waals surface area contributed by atoms with E-state index in [1.54, 1.807) is 42.5 Å². The second-order valence-corrected chi connectivity index (χ2v) is 6.41. The smallest absolute Gasteiger partial charge is 0.364 e. The fraction of sp³-hybridized carbons (Fsp3) is 0.421. The van der Waals surface area contributed by atoms with E-state index < -0.39 is 29.7 Å². The van der Waals surface area contributed by atoms with Gasteiger partial charge in [-0.2, -0.15) is 0 Å². The highest BCUT2D eigenvalue weighted by Gasteiger charge is 2.40. The van der Waals surface area contributed by atoms with Gasteiger partial charge < -0.3 is 25.0 Å². The molecule has 1 unspecified atom stereocenters. The number of ether oxygens (including phenoxy) is 2. The first-order chi connectivity index (χ1) is 12.8. The summed E-state index contributed by atoms with van der Waals surface area (Å²) in [7, 11) is 0. The first kappa shape index (κ1) is 20.6. The number of hydrogen-bond acceptors (Lipinski definition) is 5. The lowest BCUT2D eigenvalue weighted by atomic mass is 10.0. The van der Waals surface area contributed by atoms with Gasteiger partial charge in [-0.15, -0.1) is 0 Å². The van der Waals surface area contributed by atoms with E-state index in [0.29, 0.717) is 12.0 Å². The van der Waals surface area contributed by atoms with E-state index in [-0.39, 0.29) is 25.6 Å². The van der Waals surface area contributed by atoms with Gasteiger partial charge in [0.25, 0.3) is 11.7 Å². The van der Waals surface area contributed by atoms with Crippen LogP contribution in [-0.2, 0) is 19.1 Å². The van der Waals surface area contributed by atoms with Crippen molar-refractivity contribution in [3.8, 4) is 0 Å². The normalized spacial score (nSPS) is 23.7. The summed E-state index contributed by atoms with van der Waals surface area (Å²) in [5, 5.41) is 20.8. The van der Waals surface area contributed by atoms with Gasteiger partial charge in [0.2, 0.25) is 0 Å². The second kappa shape index (κ2) is 9.29. The van der Waals surface area contributed by atoms with Crippen molar-refractivity contribution < 1.29 is 34.1 Å². The highest BCUT2D eigenvalue weighted by atomic mass is 16.7. The molecule has 1 aromatic carbocycles. The average Bonchev–Trinajstić information content (AvgIpc) is 2.66. The molecule has 8 nitrogen and oxygen atoms in total. The van der Waals surface area contributed by atoms with Crippen molar-refractivity contribution in [2.75, 3.05) is 13.2 Å². The molecule has 0 spiro atoms. The highest BCUT2D eigenvalue weighted by Crippen LogP contribution is 2.23. The predicted octanol–water partition coefficient (Wildman–Crippen LogP) is 1.67. The van der Waals surface area contributed by atoms with Crippen LogP contribution in [0.4, 0.5) is 0 Å². The van der Waals surface area contributed by atoms with Gasteiger partial charge in [0.15, 0.2) is 0 Å². The summed E-state index contributed by atoms with van der Waals surface area (Å²) in [6.45, 7) is 1.83. The number of nitrogens with one attached hydrogen (secondary N) is 1. The number of carbonyl (C=O) groups is 3. The van der Waals surface area contributed by atoms with Crippen LogP contribution in [0, 0.1) is 5.92 Å². The lowest BCUT2D eigenvalue weighted by Gasteiger charge is -2.33. The van der Waals surface area contributed by atoms with Crippen molar-refractivity contribution in [2.45, 2.75) is 31.6 Å². The summed E-state index contributed by atoms with van der Waals surface area (Å²) >= 11 is 0. The molecule has 0 bridgehead atoms. The zero-order valence-corrected chi connectivity index (χ0v) is 15.0. The van der Waals surface area contributed by atoms with Crippen LogP contribution in [0.2, 0.25) is 0 Å². The number of amides is 1. The van der Waals surface area contributed by atoms with Crippen LogP contribution >= 0.6 is 0 Å². The van der Waals surface area contributed by atoms with E-state index in [9.17, 15) is 19.5 Å². The van der Waals surface area contributed by atoms with Gasteiger partial charge in [-0.05, 0) is 25.0 Å². The highest BCUT2D eigenvalue weighted by molar-refractivity contribution is 5.96. The molecule has 1 heterocycles. The number of allylic oxidation sites excluding steroid dienone is 1. The minimum absolute atomic E-state index is 0.0177. The van der Waals surface area contributed by atoms with Gasteiger partial charge in [-0.3, -0.25) is 4.79 Å². The molecule has 1 atom stereocenters. The van der Waals surface area contributed by atoms with Crippen molar-refractivity contribution in [1.29, 1.82) is 0 Å². The minimum atomic E-state index is -1.61. The summed E-state index contributed by atoms with van der Waals surface area (Å²) in [6, 6.07) is 7.35. The molecule has 8 heteroatoms. The van der Waals surface area contributed by atoms with Crippen molar-refractivity contribution in [3.05, 3.63) is 48.0 Å². The van der Waals surface area contributed by atoms with Crippen LogP contribution in [0.15, 0.2) is 42.5 Å². The third-order valence-corrected chi connectivity index (χ3v) is 4.22. The van der Waals surface area contributed by atoms with E-state index in [1.807, 2.05) is 0 Å². The quantitative estimate of drug-likeness (QED) is 0.589. The molecule has 1 aliphatic heterocycles. The zero-order chi connectivity index (χ0) is 19.9. The molecular formula is C19H23NO7. The van der Waals surface area contributed by atoms with Crippen molar-refractivity contribution in [3.63, 3.8) is 0 Å². The summed E-state index contributed by atoms with van der Waals surface area (Å²) in [5.74, 6) is -4.37. The maximum absolute atomic E-state index is 12.1. The number of carboxylic acids is 2. The van der Waals surface area contributed by atoms with Gasteiger partial charge in [-0.1, -0.05) is 30.4 Å². The molecule has 1 saturated heterocycles. The summed E-state index contributed by atoms with van der Waals surface area (Å²) in [5.41, 5.74) is 0.394. The van der Waals surface area contributed by atoms with Crippen molar-refractivity contribution in [2.24, 2.45) is 5.92 Å². The molecule has 2 rings (SSSR count). The van der Waals surface area contributed by atoms with Crippen LogP contribution < -0.4 is 5.32 Å². The fourth-order valence-corrected chi connectivity index (χ4v) is 2.48. The van der Waals surface area contributed by atoms with E-state index in [4.69, 9.17) is 14.6 Å². The van der Waals surface area contributed by atoms with Gasteiger partial charge in [0.05, 0.1) is 13.2 Å². The first-order valence-corrected chi connectivity index (χ1v) is 8.57. The Morgan fingerprint density at radius 2 is 1.81 bits per heavy atom. The summed E-state index contributed by atoms with van der Waals surface area (Å²) in [4.78, 5) is 34.4. The topological polar surface area (TPSA) is 122 Å². The third kappa shape index (κ3) is 5.90. The largest absolute Gasteiger partial charge is 0.480 e. The molecule has 27 heavy (non-hydrogen) atoms. The first-order valence-electron chi connectivity index (χ1n) is 8.57. The second-order valence-electron chi connectivity index (χ2n) is 6.41. The Bertz CT molecular complexity index is 693. The van der Waals surface area contributed by atoms with E-state index in [1.165, 1.54) is 6.92 Å². The molecule has 1 aromatic rings. The number of carbonyl (C=O) groups excluding carboxylic acids is 1. The Labute approximate surface area is 156 Å². The van der Waals surface area contributed by atoms with Crippen molar-refractivity contribution in [1.82, 2.24) is 5.32 Å². The molecular weight excluding hydrogens is 354 g/mol. The van der Waals surface area contributed by atoms with Crippen LogP contribution in [0.25, 0.3) is 0 Å². The van der Waals surface area contributed by atoms with Gasteiger partial charge in [0.1, 0.15) is 6.04 Å². The van der Waals surface area contributed by atoms with E-state index >= 15 is 0 Å². The van der Waals surface area contributed by atoms with Gasteiger partial charge in [0, 0.05) is 18.4 Å². The number of aliphatic carboxylic acids is 2. The zero-order valence-electron chi connectivity index (χ0n) is 15.0. The molecule has 146 valence electrons. The number of carboxylic acid groups (broad SMARTS) is 2. The molecule has 3 N–H and O–H groups in total. The maximum atomic E-state index is 12.1. The van der Waals surface area contributed by atoms with Crippen LogP contribution in [-0.4, -0.2) is 53.1 Å². The molecule has 1 aliphatic rings. The minimum Gasteiger partial charge on any atom is -0.480 e. The lowest BCUT2D eigenvalue weighted by Crippen LogP contribution is -2.47. The van der Waals surface area contributed by atoms with Crippen LogP contribution in [0.3, 0.4) is 0 Å². The fourth-order valence-electron chi connectivity index (χ4n) is 2.48. The van der Waals surface area contributed by atoms with Crippen LogP contribution in [0.1, 0.15) is 30.1 Å². The predicted molar refractivity (Wildman–Crippen MR) is 95.1 cm³/mol. The molecule has 0 aromatic heterocycles. The summed E-state index contributed by atoms with van der Waals surface area (Å²) in [6.07, 6.45) is 4.14. The summed E-state index contributed by atoms with van der Waals surface area (Å²) < 4.78 is 10.5. The lowest BCUT2D eigenvalue weighted by molar-refractivity contribution is -0.270. The van der Waals surface area contributed by atoms with Gasteiger partial charge in [-0.25, -0.2) is 9.59 Å². The number of rotatable bonds is 8. The number of hydrogen-bond donors (Lipinski definition) is 3. The maximum Gasteiger partial charge on any atom is 0.364 e. The number of benzene rings is 1. The monoisotopic (exact) mass is 377 g/mol. The molecule has 0 saturated carbocycles. The van der Waals surface area contributed by atoms with Gasteiger partial charge >= 0.3 is 11.9 Å². The standard InChI is InChI=1S/C19H23NO7/c1-19(18(24)25)26-11-13(12-27-19)7-5-6-10-15(17(22)23)20-16(21)14-8-3-2-4-9-14/h2-6,8-9,13,15H,7,10-12H2,1H3,(H,20,21)(H,22,23)(H,24,25)/b6-5+. The Morgan fingerprint density at radius 3 is 2.37 bits per heavy atom. The average molecular weight is 377 g/mol. The molecule has 0 radical (unpaired) electrons. The molecule has 1 fully saturated rings. The Morgan fingerprint density at radius 1 is 1.19 bits per heavy atom. The Balaban J connectivity index is 1.80. The van der Waals surface area contributed by atoms with E-state index in [0.717, 1.165) is 0 Å². The SMILES string of the molecule is CC1(C(=O)O)OCC(C/C=C/CC(NC(=O)c2ccccc2)C(=O)O)CO1.